The summed E-state index contributed by atoms with van der Waals surface area (Å²) in [5, 5.41) is 5.53. The first-order valence-electron chi connectivity index (χ1n) is 10.0. The number of Topliss-reactive ketones (excluding diaryl/α,β-unsaturated/α-hetero) is 1. The molecule has 6 heteroatoms. The Morgan fingerprint density at radius 3 is 2.80 bits per heavy atom. The molecule has 152 valence electrons. The summed E-state index contributed by atoms with van der Waals surface area (Å²) in [6.45, 7) is 1.99. The van der Waals surface area contributed by atoms with E-state index in [9.17, 15) is 9.59 Å². The number of carbonyl (C=O) groups excluding carboxylic acids is 2. The molecule has 30 heavy (non-hydrogen) atoms. The van der Waals surface area contributed by atoms with Crippen molar-refractivity contribution in [3.05, 3.63) is 65.0 Å². The van der Waals surface area contributed by atoms with Crippen LogP contribution < -0.4 is 10.1 Å². The smallest absolute Gasteiger partial charge is 0.232 e. The van der Waals surface area contributed by atoms with Crippen molar-refractivity contribution in [3.8, 4) is 17.0 Å². The molecule has 0 spiro atoms. The molecule has 1 amide bonds. The summed E-state index contributed by atoms with van der Waals surface area (Å²) in [7, 11) is 1.63. The van der Waals surface area contributed by atoms with Crippen molar-refractivity contribution in [2.24, 2.45) is 5.41 Å². The molecule has 1 aromatic heterocycles. The van der Waals surface area contributed by atoms with Crippen molar-refractivity contribution >= 4 is 28.2 Å². The summed E-state index contributed by atoms with van der Waals surface area (Å²) in [6, 6.07) is 15.7. The van der Waals surface area contributed by atoms with E-state index in [-0.39, 0.29) is 23.5 Å². The number of anilines is 1. The number of carbonyl (C=O) groups is 2. The van der Waals surface area contributed by atoms with Crippen molar-refractivity contribution in [3.63, 3.8) is 0 Å². The van der Waals surface area contributed by atoms with E-state index >= 15 is 0 Å². The third kappa shape index (κ3) is 2.94. The third-order valence-corrected chi connectivity index (χ3v) is 7.30. The van der Waals surface area contributed by atoms with Crippen LogP contribution in [0.3, 0.4) is 0 Å². The number of thiazole rings is 1. The summed E-state index contributed by atoms with van der Waals surface area (Å²) in [6.07, 6.45) is 0.978. The largest absolute Gasteiger partial charge is 0.497 e. The maximum atomic E-state index is 13.4. The van der Waals surface area contributed by atoms with Gasteiger partial charge in [0.2, 0.25) is 5.91 Å². The average Bonchev–Trinajstić information content (AvgIpc) is 3.23. The van der Waals surface area contributed by atoms with Gasteiger partial charge in [0, 0.05) is 29.2 Å². The van der Waals surface area contributed by atoms with Crippen LogP contribution in [0.4, 0.5) is 5.13 Å². The molecule has 3 unspecified atom stereocenters. The highest BCUT2D eigenvalue weighted by molar-refractivity contribution is 7.14. The molecular weight excluding hydrogens is 396 g/mol. The van der Waals surface area contributed by atoms with Crippen LogP contribution in [0.25, 0.3) is 11.3 Å². The number of aromatic nitrogens is 1. The molecule has 1 heterocycles. The lowest BCUT2D eigenvalue weighted by Crippen LogP contribution is -2.49. The van der Waals surface area contributed by atoms with Gasteiger partial charge in [-0.2, -0.15) is 0 Å². The van der Waals surface area contributed by atoms with Crippen molar-refractivity contribution in [2.45, 2.75) is 31.6 Å². The molecule has 3 aliphatic rings. The number of nitrogens with one attached hydrogen (secondary N) is 1. The molecule has 6 rings (SSSR count). The molecule has 2 aromatic carbocycles. The maximum absolute atomic E-state index is 13.4. The highest BCUT2D eigenvalue weighted by Crippen LogP contribution is 2.57. The number of rotatable bonds is 4. The average molecular weight is 419 g/mol. The van der Waals surface area contributed by atoms with Crippen LogP contribution in [0.2, 0.25) is 0 Å². The van der Waals surface area contributed by atoms with Crippen LogP contribution in [0.15, 0.2) is 53.9 Å². The number of nitrogens with zero attached hydrogens (tertiary/aromatic N) is 1. The van der Waals surface area contributed by atoms with Gasteiger partial charge >= 0.3 is 0 Å². The minimum Gasteiger partial charge on any atom is -0.497 e. The van der Waals surface area contributed by atoms with Crippen LogP contribution in [-0.2, 0) is 9.59 Å². The topological polar surface area (TPSA) is 68.3 Å². The number of ketones is 1. The minimum atomic E-state index is -0.630. The van der Waals surface area contributed by atoms with Gasteiger partial charge in [0.1, 0.15) is 11.5 Å². The van der Waals surface area contributed by atoms with Gasteiger partial charge in [0.15, 0.2) is 5.13 Å². The summed E-state index contributed by atoms with van der Waals surface area (Å²) >= 11 is 1.40. The Morgan fingerprint density at radius 2 is 2.00 bits per heavy atom. The SMILES string of the molecule is COc1cccc(-c2csc(NC(=O)C3(C)CC4C(=O)CC3c3ccccc34)n2)c1. The van der Waals surface area contributed by atoms with Crippen molar-refractivity contribution in [2.75, 3.05) is 12.4 Å². The van der Waals surface area contributed by atoms with Crippen LogP contribution >= 0.6 is 11.3 Å². The summed E-state index contributed by atoms with van der Waals surface area (Å²) in [5.41, 5.74) is 3.34. The van der Waals surface area contributed by atoms with E-state index in [1.807, 2.05) is 54.8 Å². The summed E-state index contributed by atoms with van der Waals surface area (Å²) in [5.74, 6) is 0.666. The maximum Gasteiger partial charge on any atom is 0.232 e. The second kappa shape index (κ2) is 7.06. The Bertz CT molecular complexity index is 1150. The van der Waals surface area contributed by atoms with Crippen LogP contribution in [0, 0.1) is 5.41 Å². The molecule has 3 atom stereocenters. The van der Waals surface area contributed by atoms with Gasteiger partial charge in [-0.25, -0.2) is 4.98 Å². The molecule has 0 saturated heterocycles. The van der Waals surface area contributed by atoms with E-state index < -0.39 is 5.41 Å². The Labute approximate surface area is 179 Å². The van der Waals surface area contributed by atoms with E-state index in [2.05, 4.69) is 16.4 Å². The summed E-state index contributed by atoms with van der Waals surface area (Å²) < 4.78 is 5.28. The standard InChI is InChI=1S/C24H22N2O3S/c1-24(12-18-16-8-3-4-9-17(16)19(24)11-21(18)27)22(28)26-23-25-20(13-30-23)14-6-5-7-15(10-14)29-2/h3-10,13,18-19H,11-12H2,1-2H3,(H,25,26,28). The molecule has 5 nitrogen and oxygen atoms in total. The second-order valence-corrected chi connectivity index (χ2v) is 9.11. The van der Waals surface area contributed by atoms with Crippen molar-refractivity contribution < 1.29 is 14.3 Å². The van der Waals surface area contributed by atoms with Crippen molar-refractivity contribution in [1.82, 2.24) is 4.98 Å². The molecule has 0 aliphatic heterocycles. The van der Waals surface area contributed by atoms with Crippen molar-refractivity contribution in [1.29, 1.82) is 0 Å². The first-order valence-corrected chi connectivity index (χ1v) is 10.9. The number of hydrogen-bond acceptors (Lipinski definition) is 5. The zero-order valence-electron chi connectivity index (χ0n) is 16.8. The first kappa shape index (κ1) is 19.0. The molecule has 1 N–H and O–H groups in total. The Morgan fingerprint density at radius 1 is 1.20 bits per heavy atom. The normalized spacial score (nSPS) is 24.4. The van der Waals surface area contributed by atoms with Gasteiger partial charge in [0.25, 0.3) is 0 Å². The number of amides is 1. The van der Waals surface area contributed by atoms with Crippen LogP contribution in [0.5, 0.6) is 5.75 Å². The Kier molecular flexibility index (Phi) is 4.47. The van der Waals surface area contributed by atoms with Gasteiger partial charge in [-0.05, 0) is 29.7 Å². The fraction of sp³-hybridized carbons (Fsp3) is 0.292. The van der Waals surface area contributed by atoms with Crippen LogP contribution in [0.1, 0.15) is 42.7 Å². The molecule has 1 saturated carbocycles. The van der Waals surface area contributed by atoms with Gasteiger partial charge < -0.3 is 10.1 Å². The highest BCUT2D eigenvalue weighted by atomic mass is 32.1. The molecule has 1 fully saturated rings. The lowest BCUT2D eigenvalue weighted by Gasteiger charge is -2.48. The molecule has 0 radical (unpaired) electrons. The highest BCUT2D eigenvalue weighted by Gasteiger charge is 2.54. The fourth-order valence-electron chi connectivity index (χ4n) is 4.87. The third-order valence-electron chi connectivity index (χ3n) is 6.55. The number of fused-ring (bicyclic) bond motifs is 2. The Hall–Kier alpha value is -2.99. The molecule has 2 bridgehead atoms. The van der Waals surface area contributed by atoms with E-state index in [1.54, 1.807) is 7.11 Å². The minimum absolute atomic E-state index is 0.0638. The van der Waals surface area contributed by atoms with Gasteiger partial charge in [-0.15, -0.1) is 11.3 Å². The number of benzene rings is 2. The lowest BCUT2D eigenvalue weighted by atomic mass is 9.54. The molecule has 3 aliphatic carbocycles. The van der Waals surface area contributed by atoms with Gasteiger partial charge in [-0.3, -0.25) is 9.59 Å². The monoisotopic (exact) mass is 418 g/mol. The molecular formula is C24H22N2O3S. The first-order chi connectivity index (χ1) is 14.5. The molecule has 3 aromatic rings. The quantitative estimate of drug-likeness (QED) is 0.647. The van der Waals surface area contributed by atoms with Crippen LogP contribution in [-0.4, -0.2) is 23.8 Å². The van der Waals surface area contributed by atoms with E-state index in [0.29, 0.717) is 18.0 Å². The zero-order chi connectivity index (χ0) is 20.9. The van der Waals surface area contributed by atoms with E-state index in [1.165, 1.54) is 11.3 Å². The van der Waals surface area contributed by atoms with E-state index in [0.717, 1.165) is 28.1 Å². The van der Waals surface area contributed by atoms with E-state index in [4.69, 9.17) is 4.74 Å². The second-order valence-electron chi connectivity index (χ2n) is 8.25. The number of methoxy groups -OCH3 is 1. The zero-order valence-corrected chi connectivity index (χ0v) is 17.7. The predicted molar refractivity (Wildman–Crippen MR) is 117 cm³/mol. The van der Waals surface area contributed by atoms with Gasteiger partial charge in [-0.1, -0.05) is 43.3 Å². The van der Waals surface area contributed by atoms with Gasteiger partial charge in [0.05, 0.1) is 18.2 Å². The number of ether oxygens (including phenoxy) is 1. The summed E-state index contributed by atoms with van der Waals surface area (Å²) in [4.78, 5) is 30.5. The number of hydrogen-bond donors (Lipinski definition) is 1. The lowest BCUT2D eigenvalue weighted by molar-refractivity contribution is -0.134. The Balaban J connectivity index is 1.40. The fourth-order valence-corrected chi connectivity index (χ4v) is 5.58. The predicted octanol–water partition coefficient (Wildman–Crippen LogP) is 5.01.